The molecular weight excluding hydrogens is 229 g/mol. The minimum atomic E-state index is -0.985. The third-order valence-electron chi connectivity index (χ3n) is 1.64. The number of nitrogens with one attached hydrogen (secondary N) is 1. The number of H-pyrrole nitrogens is 1. The summed E-state index contributed by atoms with van der Waals surface area (Å²) in [5.41, 5.74) is -1.40. The van der Waals surface area contributed by atoms with Crippen LogP contribution in [0.3, 0.4) is 0 Å². The summed E-state index contributed by atoms with van der Waals surface area (Å²) >= 11 is 11.4. The molecule has 1 N–H and O–H groups in total. The van der Waals surface area contributed by atoms with Gasteiger partial charge in [0.05, 0.1) is 10.5 Å². The van der Waals surface area contributed by atoms with E-state index in [1.807, 2.05) is 0 Å². The van der Waals surface area contributed by atoms with E-state index in [4.69, 9.17) is 23.2 Å². The van der Waals surface area contributed by atoms with Crippen molar-refractivity contribution >= 4 is 34.3 Å². The van der Waals surface area contributed by atoms with Crippen molar-refractivity contribution in [2.75, 3.05) is 0 Å². The Morgan fingerprint density at radius 1 is 1.21 bits per heavy atom. The lowest BCUT2D eigenvalue weighted by atomic mass is 10.3. The monoisotopic (exact) mass is 231 g/mol. The highest BCUT2D eigenvalue weighted by Gasteiger charge is 2.06. The van der Waals surface area contributed by atoms with Crippen LogP contribution in [0.25, 0.3) is 11.1 Å². The Kier molecular flexibility index (Phi) is 2.09. The zero-order chi connectivity index (χ0) is 10.3. The van der Waals surface area contributed by atoms with Crippen molar-refractivity contribution in [2.24, 2.45) is 0 Å². The van der Waals surface area contributed by atoms with Gasteiger partial charge in [-0.25, -0.2) is 4.79 Å². The molecule has 72 valence electrons. The van der Waals surface area contributed by atoms with Crippen LogP contribution in [0.15, 0.2) is 26.1 Å². The topological polar surface area (TPSA) is 63.1 Å². The number of fused-ring (bicyclic) bond motifs is 1. The lowest BCUT2D eigenvalue weighted by Gasteiger charge is -1.98. The molecule has 2 aromatic rings. The Morgan fingerprint density at radius 3 is 2.64 bits per heavy atom. The van der Waals surface area contributed by atoms with Crippen LogP contribution in [-0.2, 0) is 0 Å². The molecule has 0 saturated heterocycles. The molecule has 1 heterocycles. The predicted molar refractivity (Wildman–Crippen MR) is 53.1 cm³/mol. The van der Waals surface area contributed by atoms with Gasteiger partial charge in [-0.05, 0) is 12.1 Å². The molecule has 0 aliphatic carbocycles. The van der Waals surface area contributed by atoms with Crippen LogP contribution < -0.4 is 11.2 Å². The Labute approximate surface area is 87.1 Å². The van der Waals surface area contributed by atoms with Crippen LogP contribution in [-0.4, -0.2) is 4.98 Å². The van der Waals surface area contributed by atoms with Crippen LogP contribution in [0.2, 0.25) is 10.0 Å². The standard InChI is InChI=1S/C8H3Cl2NO3/c9-3-1-4(10)6-5(2-3)11-7(12)8(13)14-6/h1-2H,(H,11,12). The summed E-state index contributed by atoms with van der Waals surface area (Å²) in [6.07, 6.45) is 0. The zero-order valence-corrected chi connectivity index (χ0v) is 8.15. The average molecular weight is 232 g/mol. The minimum absolute atomic E-state index is 0.126. The van der Waals surface area contributed by atoms with Gasteiger partial charge in [0.2, 0.25) is 0 Å². The average Bonchev–Trinajstić information content (AvgIpc) is 2.08. The van der Waals surface area contributed by atoms with E-state index in [0.29, 0.717) is 10.5 Å². The predicted octanol–water partition coefficient (Wildman–Crippen LogP) is 1.79. The van der Waals surface area contributed by atoms with Crippen molar-refractivity contribution < 1.29 is 4.42 Å². The molecule has 0 fully saturated rings. The van der Waals surface area contributed by atoms with Gasteiger partial charge in [-0.3, -0.25) is 4.79 Å². The van der Waals surface area contributed by atoms with Crippen LogP contribution in [0.4, 0.5) is 0 Å². The van der Waals surface area contributed by atoms with Crippen LogP contribution in [0.1, 0.15) is 0 Å². The van der Waals surface area contributed by atoms with Gasteiger partial charge >= 0.3 is 11.2 Å². The quantitative estimate of drug-likeness (QED) is 0.704. The fourth-order valence-electron chi connectivity index (χ4n) is 1.07. The van der Waals surface area contributed by atoms with Crippen LogP contribution in [0.5, 0.6) is 0 Å². The summed E-state index contributed by atoms with van der Waals surface area (Å²) in [5.74, 6) is 0. The van der Waals surface area contributed by atoms with E-state index in [0.717, 1.165) is 0 Å². The molecule has 0 spiro atoms. The van der Waals surface area contributed by atoms with Gasteiger partial charge in [-0.2, -0.15) is 0 Å². The number of rotatable bonds is 0. The number of halogens is 2. The summed E-state index contributed by atoms with van der Waals surface area (Å²) in [6.45, 7) is 0. The maximum Gasteiger partial charge on any atom is 0.402 e. The van der Waals surface area contributed by atoms with Gasteiger partial charge in [0.25, 0.3) is 0 Å². The van der Waals surface area contributed by atoms with E-state index in [2.05, 4.69) is 9.40 Å². The highest BCUT2D eigenvalue weighted by atomic mass is 35.5. The first-order valence-electron chi connectivity index (χ1n) is 3.60. The number of hydrogen-bond acceptors (Lipinski definition) is 3. The van der Waals surface area contributed by atoms with Gasteiger partial charge in [0.1, 0.15) is 0 Å². The van der Waals surface area contributed by atoms with Crippen molar-refractivity contribution in [1.82, 2.24) is 4.98 Å². The second-order valence-corrected chi connectivity index (χ2v) is 3.45. The summed E-state index contributed by atoms with van der Waals surface area (Å²) in [5, 5.41) is 0.535. The fraction of sp³-hybridized carbons (Fsp3) is 0. The number of hydrogen-bond donors (Lipinski definition) is 1. The molecule has 0 atom stereocenters. The summed E-state index contributed by atoms with van der Waals surface area (Å²) in [7, 11) is 0. The molecule has 14 heavy (non-hydrogen) atoms. The minimum Gasteiger partial charge on any atom is -0.416 e. The molecule has 6 heteroatoms. The highest BCUT2D eigenvalue weighted by molar-refractivity contribution is 6.37. The van der Waals surface area contributed by atoms with E-state index in [1.165, 1.54) is 12.1 Å². The van der Waals surface area contributed by atoms with E-state index in [-0.39, 0.29) is 10.6 Å². The maximum absolute atomic E-state index is 10.9. The van der Waals surface area contributed by atoms with Crippen LogP contribution >= 0.6 is 23.2 Å². The van der Waals surface area contributed by atoms with E-state index < -0.39 is 11.2 Å². The molecule has 0 amide bonds. The number of benzene rings is 1. The Morgan fingerprint density at radius 2 is 1.93 bits per heavy atom. The summed E-state index contributed by atoms with van der Waals surface area (Å²) < 4.78 is 4.69. The highest BCUT2D eigenvalue weighted by Crippen LogP contribution is 2.24. The summed E-state index contributed by atoms with van der Waals surface area (Å²) in [4.78, 5) is 24.1. The molecular formula is C8H3Cl2NO3. The number of aromatic nitrogens is 1. The van der Waals surface area contributed by atoms with Crippen molar-refractivity contribution in [3.8, 4) is 0 Å². The van der Waals surface area contributed by atoms with Gasteiger partial charge in [0, 0.05) is 5.02 Å². The molecule has 0 aliphatic heterocycles. The maximum atomic E-state index is 10.9. The Balaban J connectivity index is 3.03. The first-order chi connectivity index (χ1) is 6.58. The zero-order valence-electron chi connectivity index (χ0n) is 6.64. The third kappa shape index (κ3) is 1.42. The summed E-state index contributed by atoms with van der Waals surface area (Å²) in [6, 6.07) is 2.87. The van der Waals surface area contributed by atoms with E-state index in [9.17, 15) is 9.59 Å². The smallest absolute Gasteiger partial charge is 0.402 e. The van der Waals surface area contributed by atoms with Gasteiger partial charge in [0.15, 0.2) is 5.58 Å². The van der Waals surface area contributed by atoms with E-state index in [1.54, 1.807) is 0 Å². The van der Waals surface area contributed by atoms with Crippen molar-refractivity contribution in [3.63, 3.8) is 0 Å². The SMILES string of the molecule is O=c1[nH]c2cc(Cl)cc(Cl)c2oc1=O. The van der Waals surface area contributed by atoms with Crippen molar-refractivity contribution in [1.29, 1.82) is 0 Å². The lowest BCUT2D eigenvalue weighted by Crippen LogP contribution is -2.25. The molecule has 1 aromatic heterocycles. The Hall–Kier alpha value is -1.26. The molecule has 0 saturated carbocycles. The lowest BCUT2D eigenvalue weighted by molar-refractivity contribution is 0.546. The van der Waals surface area contributed by atoms with Gasteiger partial charge < -0.3 is 9.40 Å². The van der Waals surface area contributed by atoms with Crippen molar-refractivity contribution in [3.05, 3.63) is 43.0 Å². The van der Waals surface area contributed by atoms with E-state index >= 15 is 0 Å². The largest absolute Gasteiger partial charge is 0.416 e. The first kappa shape index (κ1) is 9.30. The molecule has 4 nitrogen and oxygen atoms in total. The molecule has 1 aromatic carbocycles. The molecule has 2 rings (SSSR count). The van der Waals surface area contributed by atoms with Crippen LogP contribution in [0, 0.1) is 0 Å². The molecule has 0 aliphatic rings. The first-order valence-corrected chi connectivity index (χ1v) is 4.36. The molecule has 0 bridgehead atoms. The third-order valence-corrected chi connectivity index (χ3v) is 2.14. The molecule has 0 radical (unpaired) electrons. The number of aromatic amines is 1. The van der Waals surface area contributed by atoms with Crippen molar-refractivity contribution in [2.45, 2.75) is 0 Å². The van der Waals surface area contributed by atoms with Gasteiger partial charge in [-0.15, -0.1) is 0 Å². The normalized spacial score (nSPS) is 10.7. The fourth-order valence-corrected chi connectivity index (χ4v) is 1.60. The second-order valence-electron chi connectivity index (χ2n) is 2.61. The second kappa shape index (κ2) is 3.15. The van der Waals surface area contributed by atoms with Gasteiger partial charge in [-0.1, -0.05) is 23.2 Å². The molecule has 0 unspecified atom stereocenters. The Bertz CT molecular complexity index is 614.